The minimum atomic E-state index is -2.52. The zero-order chi connectivity index (χ0) is 19.9. The quantitative estimate of drug-likeness (QED) is 0.865. The van der Waals surface area contributed by atoms with E-state index in [1.54, 1.807) is 4.52 Å². The lowest BCUT2D eigenvalue weighted by Gasteiger charge is -2.32. The molecule has 4 rings (SSSR count). The number of halogens is 2. The van der Waals surface area contributed by atoms with Crippen molar-refractivity contribution in [2.75, 3.05) is 27.2 Å². The first-order valence-electron chi connectivity index (χ1n) is 10.3. The van der Waals surface area contributed by atoms with Crippen LogP contribution in [0.2, 0.25) is 0 Å². The lowest BCUT2D eigenvalue weighted by Crippen LogP contribution is -2.32. The standard InChI is InChI=1S/C20H30F2N6/c1-13-17(15-5-4-10-27(3)11-15)25-19-24-16(12-28(19)26-13)18(23-2)14-6-8-20(21,22)9-7-14/h12,14-15,18,23H,4-11H2,1-3H3. The van der Waals surface area contributed by atoms with Gasteiger partial charge in [-0.2, -0.15) is 5.10 Å². The second kappa shape index (κ2) is 7.63. The summed E-state index contributed by atoms with van der Waals surface area (Å²) in [5, 5.41) is 8.00. The Kier molecular flexibility index (Phi) is 5.35. The lowest BCUT2D eigenvalue weighted by atomic mass is 9.81. The predicted molar refractivity (Wildman–Crippen MR) is 104 cm³/mol. The van der Waals surface area contributed by atoms with E-state index in [2.05, 4.69) is 17.3 Å². The summed E-state index contributed by atoms with van der Waals surface area (Å²) in [4.78, 5) is 11.9. The number of hydrogen-bond donors (Lipinski definition) is 1. The molecule has 1 saturated heterocycles. The molecule has 154 valence electrons. The summed E-state index contributed by atoms with van der Waals surface area (Å²) in [5.74, 6) is -1.37. The molecule has 1 aliphatic carbocycles. The number of piperidine rings is 1. The fourth-order valence-corrected chi connectivity index (χ4v) is 4.88. The Labute approximate surface area is 164 Å². The molecule has 0 radical (unpaired) electrons. The highest BCUT2D eigenvalue weighted by Gasteiger charge is 2.38. The largest absolute Gasteiger partial charge is 0.311 e. The Morgan fingerprint density at radius 1 is 1.21 bits per heavy atom. The number of likely N-dealkylation sites (tertiary alicyclic amines) is 1. The second-order valence-corrected chi connectivity index (χ2v) is 8.55. The van der Waals surface area contributed by atoms with Crippen molar-refractivity contribution in [1.29, 1.82) is 0 Å². The monoisotopic (exact) mass is 392 g/mol. The van der Waals surface area contributed by atoms with Gasteiger partial charge >= 0.3 is 0 Å². The Balaban J connectivity index is 1.60. The van der Waals surface area contributed by atoms with Crippen LogP contribution >= 0.6 is 0 Å². The van der Waals surface area contributed by atoms with Crippen molar-refractivity contribution in [3.8, 4) is 0 Å². The van der Waals surface area contributed by atoms with E-state index in [4.69, 9.17) is 15.1 Å². The van der Waals surface area contributed by atoms with Gasteiger partial charge in [0.05, 0.1) is 29.3 Å². The highest BCUT2D eigenvalue weighted by molar-refractivity contribution is 5.33. The number of fused-ring (bicyclic) bond motifs is 1. The smallest absolute Gasteiger partial charge is 0.251 e. The molecule has 2 atom stereocenters. The first-order chi connectivity index (χ1) is 13.4. The van der Waals surface area contributed by atoms with Crippen LogP contribution in [0, 0.1) is 12.8 Å². The van der Waals surface area contributed by atoms with Gasteiger partial charge in [-0.05, 0) is 59.2 Å². The normalized spacial score (nSPS) is 25.2. The number of aryl methyl sites for hydroxylation is 1. The maximum atomic E-state index is 13.5. The first-order valence-corrected chi connectivity index (χ1v) is 10.3. The van der Waals surface area contributed by atoms with E-state index in [1.807, 2.05) is 20.2 Å². The molecule has 2 aromatic heterocycles. The van der Waals surface area contributed by atoms with Gasteiger partial charge in [0.15, 0.2) is 0 Å². The number of aromatic nitrogens is 4. The SMILES string of the molecule is CNC(c1cn2nc(C)c(C3CCCN(C)C3)nc2n1)C1CCC(F)(F)CC1. The molecule has 0 aromatic carbocycles. The lowest BCUT2D eigenvalue weighted by molar-refractivity contribution is -0.0496. The van der Waals surface area contributed by atoms with Gasteiger partial charge in [0.2, 0.25) is 5.92 Å². The average molecular weight is 392 g/mol. The third-order valence-corrected chi connectivity index (χ3v) is 6.41. The van der Waals surface area contributed by atoms with Crippen LogP contribution in [0.5, 0.6) is 0 Å². The molecule has 1 aliphatic heterocycles. The molecular weight excluding hydrogens is 362 g/mol. The van der Waals surface area contributed by atoms with Gasteiger partial charge in [-0.1, -0.05) is 0 Å². The van der Waals surface area contributed by atoms with Gasteiger partial charge in [0, 0.05) is 25.3 Å². The van der Waals surface area contributed by atoms with E-state index >= 15 is 0 Å². The maximum absolute atomic E-state index is 13.5. The van der Waals surface area contributed by atoms with E-state index in [0.29, 0.717) is 24.5 Å². The van der Waals surface area contributed by atoms with Crippen molar-refractivity contribution >= 4 is 5.78 Å². The van der Waals surface area contributed by atoms with Gasteiger partial charge in [0.25, 0.3) is 5.78 Å². The van der Waals surface area contributed by atoms with Gasteiger partial charge in [-0.15, -0.1) is 0 Å². The van der Waals surface area contributed by atoms with E-state index < -0.39 is 5.92 Å². The number of rotatable bonds is 4. The van der Waals surface area contributed by atoms with Crippen molar-refractivity contribution in [3.63, 3.8) is 0 Å². The maximum Gasteiger partial charge on any atom is 0.251 e. The van der Waals surface area contributed by atoms with E-state index in [0.717, 1.165) is 36.6 Å². The topological polar surface area (TPSA) is 58.4 Å². The van der Waals surface area contributed by atoms with Crippen LogP contribution in [-0.2, 0) is 0 Å². The molecular formula is C20H30F2N6. The number of hydrogen-bond acceptors (Lipinski definition) is 5. The van der Waals surface area contributed by atoms with Crippen molar-refractivity contribution in [3.05, 3.63) is 23.3 Å². The molecule has 0 amide bonds. The Bertz CT molecular complexity index is 825. The Morgan fingerprint density at radius 2 is 1.96 bits per heavy atom. The van der Waals surface area contributed by atoms with Crippen LogP contribution in [0.15, 0.2) is 6.20 Å². The third-order valence-electron chi connectivity index (χ3n) is 6.41. The van der Waals surface area contributed by atoms with Crippen LogP contribution in [0.3, 0.4) is 0 Å². The number of nitrogens with zero attached hydrogens (tertiary/aromatic N) is 5. The Hall–Kier alpha value is -1.67. The minimum Gasteiger partial charge on any atom is -0.311 e. The summed E-state index contributed by atoms with van der Waals surface area (Å²) in [5.41, 5.74) is 2.82. The zero-order valence-electron chi connectivity index (χ0n) is 17.0. The third kappa shape index (κ3) is 3.89. The summed E-state index contributed by atoms with van der Waals surface area (Å²) >= 11 is 0. The summed E-state index contributed by atoms with van der Waals surface area (Å²) in [6.45, 7) is 4.13. The number of alkyl halides is 2. The first kappa shape index (κ1) is 19.6. The fourth-order valence-electron chi connectivity index (χ4n) is 4.88. The number of likely N-dealkylation sites (N-methyl/N-ethyl adjacent to an activating group) is 1. The van der Waals surface area contributed by atoms with Crippen LogP contribution < -0.4 is 5.32 Å². The molecule has 2 unspecified atom stereocenters. The molecule has 3 heterocycles. The second-order valence-electron chi connectivity index (χ2n) is 8.55. The van der Waals surface area contributed by atoms with Gasteiger partial charge < -0.3 is 10.2 Å². The molecule has 0 spiro atoms. The van der Waals surface area contributed by atoms with Crippen molar-refractivity contribution in [1.82, 2.24) is 29.8 Å². The summed E-state index contributed by atoms with van der Waals surface area (Å²) in [7, 11) is 4.02. The van der Waals surface area contributed by atoms with Gasteiger partial charge in [0.1, 0.15) is 0 Å². The van der Waals surface area contributed by atoms with Crippen molar-refractivity contribution in [2.24, 2.45) is 5.92 Å². The molecule has 1 saturated carbocycles. The summed E-state index contributed by atoms with van der Waals surface area (Å²) < 4.78 is 28.8. The van der Waals surface area contributed by atoms with Crippen LogP contribution in [0.25, 0.3) is 5.78 Å². The van der Waals surface area contributed by atoms with Gasteiger partial charge in [-0.25, -0.2) is 23.3 Å². The minimum absolute atomic E-state index is 0.0435. The Morgan fingerprint density at radius 3 is 2.64 bits per heavy atom. The van der Waals surface area contributed by atoms with E-state index in [9.17, 15) is 8.78 Å². The molecule has 2 aromatic rings. The van der Waals surface area contributed by atoms with Crippen LogP contribution in [0.1, 0.15) is 67.6 Å². The van der Waals surface area contributed by atoms with Crippen LogP contribution in [-0.4, -0.2) is 57.6 Å². The molecule has 1 N–H and O–H groups in total. The highest BCUT2D eigenvalue weighted by Crippen LogP contribution is 2.41. The van der Waals surface area contributed by atoms with Crippen molar-refractivity contribution < 1.29 is 8.78 Å². The molecule has 2 aliphatic rings. The van der Waals surface area contributed by atoms with E-state index in [1.165, 1.54) is 6.42 Å². The molecule has 28 heavy (non-hydrogen) atoms. The van der Waals surface area contributed by atoms with Crippen molar-refractivity contribution in [2.45, 2.75) is 63.3 Å². The van der Waals surface area contributed by atoms with Gasteiger partial charge in [-0.3, -0.25) is 0 Å². The highest BCUT2D eigenvalue weighted by atomic mass is 19.3. The fraction of sp³-hybridized carbons (Fsp3) is 0.750. The molecule has 0 bridgehead atoms. The number of nitrogens with one attached hydrogen (secondary N) is 1. The molecule has 8 heteroatoms. The summed E-state index contributed by atoms with van der Waals surface area (Å²) in [6.07, 6.45) is 5.12. The zero-order valence-corrected chi connectivity index (χ0v) is 17.0. The number of imidazole rings is 1. The average Bonchev–Trinajstić information content (AvgIpc) is 3.05. The predicted octanol–water partition coefficient (Wildman–Crippen LogP) is 3.33. The van der Waals surface area contributed by atoms with Crippen LogP contribution in [0.4, 0.5) is 8.78 Å². The van der Waals surface area contributed by atoms with E-state index in [-0.39, 0.29) is 24.8 Å². The molecule has 6 nitrogen and oxygen atoms in total. The molecule has 2 fully saturated rings. The summed E-state index contributed by atoms with van der Waals surface area (Å²) in [6, 6.07) is -0.0517.